The third kappa shape index (κ3) is 2.84. The van der Waals surface area contributed by atoms with Crippen LogP contribution in [0, 0.1) is 6.92 Å². The summed E-state index contributed by atoms with van der Waals surface area (Å²) in [6.07, 6.45) is 2.04. The van der Waals surface area contributed by atoms with Gasteiger partial charge in [-0.3, -0.25) is 4.90 Å². The predicted octanol–water partition coefficient (Wildman–Crippen LogP) is 1.81. The Bertz CT molecular complexity index is 834. The number of methoxy groups -OCH3 is 1. The van der Waals surface area contributed by atoms with Gasteiger partial charge in [0.05, 0.1) is 19.3 Å². The van der Waals surface area contributed by atoms with Crippen molar-refractivity contribution in [2.24, 2.45) is 0 Å². The molecule has 1 aliphatic heterocycles. The number of piperidine rings is 1. The zero-order valence-electron chi connectivity index (χ0n) is 13.8. The van der Waals surface area contributed by atoms with Gasteiger partial charge in [-0.1, -0.05) is 5.16 Å². The zero-order valence-corrected chi connectivity index (χ0v) is 13.8. The van der Waals surface area contributed by atoms with Crippen LogP contribution in [0.5, 0.6) is 5.88 Å². The fourth-order valence-electron chi connectivity index (χ4n) is 3.21. The smallest absolute Gasteiger partial charge is 0.231 e. The molecular weight excluding hydrogens is 308 g/mol. The highest BCUT2D eigenvalue weighted by atomic mass is 16.5. The van der Waals surface area contributed by atoms with Gasteiger partial charge in [0.1, 0.15) is 0 Å². The van der Waals surface area contributed by atoms with Gasteiger partial charge in [0.25, 0.3) is 0 Å². The maximum Gasteiger partial charge on any atom is 0.231 e. The van der Waals surface area contributed by atoms with E-state index >= 15 is 0 Å². The summed E-state index contributed by atoms with van der Waals surface area (Å²) in [7, 11) is 1.61. The topological polar surface area (TPSA) is 81.6 Å². The molecule has 126 valence electrons. The molecule has 24 heavy (non-hydrogen) atoms. The van der Waals surface area contributed by atoms with Gasteiger partial charge in [0.2, 0.25) is 5.88 Å². The van der Waals surface area contributed by atoms with E-state index in [-0.39, 0.29) is 0 Å². The quantitative estimate of drug-likeness (QED) is 0.722. The van der Waals surface area contributed by atoms with E-state index in [1.165, 1.54) is 0 Å². The highest BCUT2D eigenvalue weighted by molar-refractivity contribution is 5.38. The average molecular weight is 328 g/mol. The lowest BCUT2D eigenvalue weighted by Crippen LogP contribution is -2.33. The third-order valence-electron chi connectivity index (χ3n) is 4.48. The number of likely N-dealkylation sites (tertiary alicyclic amines) is 1. The van der Waals surface area contributed by atoms with Crippen LogP contribution in [0.2, 0.25) is 0 Å². The molecule has 1 fully saturated rings. The summed E-state index contributed by atoms with van der Waals surface area (Å²) in [5.74, 6) is 2.76. The largest absolute Gasteiger partial charge is 0.480 e. The molecule has 3 aromatic rings. The lowest BCUT2D eigenvalue weighted by molar-refractivity contribution is 0.181. The predicted molar refractivity (Wildman–Crippen MR) is 85.8 cm³/mol. The summed E-state index contributed by atoms with van der Waals surface area (Å²) < 4.78 is 12.3. The molecule has 0 saturated carbocycles. The van der Waals surface area contributed by atoms with Gasteiger partial charge >= 0.3 is 0 Å². The minimum atomic E-state index is 0.354. The molecule has 0 spiro atoms. The second kappa shape index (κ2) is 6.20. The van der Waals surface area contributed by atoms with E-state index in [4.69, 9.17) is 9.26 Å². The number of hydrogen-bond donors (Lipinski definition) is 0. The Labute approximate surface area is 139 Å². The van der Waals surface area contributed by atoms with Crippen LogP contribution in [-0.2, 0) is 6.54 Å². The van der Waals surface area contributed by atoms with Gasteiger partial charge in [-0.05, 0) is 38.9 Å². The number of aryl methyl sites for hydroxylation is 1. The van der Waals surface area contributed by atoms with Crippen molar-refractivity contribution >= 4 is 5.65 Å². The standard InChI is InChI=1S/C16H20N6O2/c1-11-9-13(24-20-11)10-21-7-5-12(6-8-21)16-18-17-14-3-4-15(23-2)19-22(14)16/h3-4,9,12H,5-8,10H2,1-2H3. The summed E-state index contributed by atoms with van der Waals surface area (Å²) in [5, 5.41) is 17.0. The average Bonchev–Trinajstić information content (AvgIpc) is 3.21. The van der Waals surface area contributed by atoms with Crippen molar-refractivity contribution in [2.75, 3.05) is 20.2 Å². The molecule has 8 nitrogen and oxygen atoms in total. The number of ether oxygens (including phenoxy) is 1. The maximum absolute atomic E-state index is 5.31. The second-order valence-corrected chi connectivity index (χ2v) is 6.19. The molecule has 1 aliphatic rings. The van der Waals surface area contributed by atoms with Crippen LogP contribution in [0.4, 0.5) is 0 Å². The molecule has 4 heterocycles. The molecule has 0 unspecified atom stereocenters. The molecule has 3 aromatic heterocycles. The van der Waals surface area contributed by atoms with Crippen molar-refractivity contribution in [3.05, 3.63) is 35.5 Å². The van der Waals surface area contributed by atoms with Crippen molar-refractivity contribution in [3.63, 3.8) is 0 Å². The van der Waals surface area contributed by atoms with Gasteiger partial charge in [-0.2, -0.15) is 4.52 Å². The molecule has 8 heteroatoms. The van der Waals surface area contributed by atoms with Gasteiger partial charge in [0.15, 0.2) is 17.2 Å². The van der Waals surface area contributed by atoms with Gasteiger partial charge in [-0.25, -0.2) is 0 Å². The molecular formula is C16H20N6O2. The van der Waals surface area contributed by atoms with Crippen LogP contribution in [0.3, 0.4) is 0 Å². The molecule has 0 aromatic carbocycles. The van der Waals surface area contributed by atoms with Crippen LogP contribution < -0.4 is 4.74 Å². The number of fused-ring (bicyclic) bond motifs is 1. The summed E-state index contributed by atoms with van der Waals surface area (Å²) >= 11 is 0. The Morgan fingerprint density at radius 1 is 1.25 bits per heavy atom. The van der Waals surface area contributed by atoms with E-state index in [9.17, 15) is 0 Å². The Morgan fingerprint density at radius 3 is 2.79 bits per heavy atom. The number of nitrogens with zero attached hydrogens (tertiary/aromatic N) is 6. The van der Waals surface area contributed by atoms with E-state index < -0.39 is 0 Å². The normalized spacial score (nSPS) is 16.8. The fourth-order valence-corrected chi connectivity index (χ4v) is 3.21. The molecule has 0 aliphatic carbocycles. The van der Waals surface area contributed by atoms with E-state index in [0.717, 1.165) is 55.4 Å². The Hall–Kier alpha value is -2.48. The summed E-state index contributed by atoms with van der Waals surface area (Å²) in [6.45, 7) is 4.73. The molecule has 1 saturated heterocycles. The molecule has 0 bridgehead atoms. The fraction of sp³-hybridized carbons (Fsp3) is 0.500. The van der Waals surface area contributed by atoms with Crippen molar-refractivity contribution < 1.29 is 9.26 Å². The van der Waals surface area contributed by atoms with Crippen molar-refractivity contribution in [3.8, 4) is 5.88 Å². The maximum atomic E-state index is 5.31. The third-order valence-corrected chi connectivity index (χ3v) is 4.48. The molecule has 4 rings (SSSR count). The van der Waals surface area contributed by atoms with E-state index in [1.54, 1.807) is 17.7 Å². The minimum absolute atomic E-state index is 0.354. The van der Waals surface area contributed by atoms with Crippen molar-refractivity contribution in [1.82, 2.24) is 29.9 Å². The number of hydrogen-bond acceptors (Lipinski definition) is 7. The summed E-state index contributed by atoms with van der Waals surface area (Å²) in [6, 6.07) is 5.67. The van der Waals surface area contributed by atoms with Gasteiger partial charge < -0.3 is 9.26 Å². The van der Waals surface area contributed by atoms with Crippen LogP contribution in [0.15, 0.2) is 22.7 Å². The van der Waals surface area contributed by atoms with Crippen molar-refractivity contribution in [1.29, 1.82) is 0 Å². The van der Waals surface area contributed by atoms with Crippen LogP contribution >= 0.6 is 0 Å². The van der Waals surface area contributed by atoms with Gasteiger partial charge in [-0.15, -0.1) is 15.3 Å². The van der Waals surface area contributed by atoms with Crippen LogP contribution in [0.25, 0.3) is 5.65 Å². The monoisotopic (exact) mass is 328 g/mol. The number of rotatable bonds is 4. The van der Waals surface area contributed by atoms with E-state index in [2.05, 4.69) is 25.4 Å². The van der Waals surface area contributed by atoms with Crippen LogP contribution in [-0.4, -0.2) is 50.1 Å². The first kappa shape index (κ1) is 15.1. The first-order valence-electron chi connectivity index (χ1n) is 8.14. The Morgan fingerprint density at radius 2 is 2.08 bits per heavy atom. The zero-order chi connectivity index (χ0) is 16.5. The number of aromatic nitrogens is 5. The molecule has 0 amide bonds. The van der Waals surface area contributed by atoms with Gasteiger partial charge in [0, 0.05) is 18.1 Å². The van der Waals surface area contributed by atoms with Crippen molar-refractivity contribution in [2.45, 2.75) is 32.2 Å². The summed E-state index contributed by atoms with van der Waals surface area (Å²) in [5.41, 5.74) is 1.68. The second-order valence-electron chi connectivity index (χ2n) is 6.19. The first-order valence-corrected chi connectivity index (χ1v) is 8.14. The SMILES string of the molecule is COc1ccc2nnc(C3CCN(Cc4cc(C)no4)CC3)n2n1. The lowest BCUT2D eigenvalue weighted by Gasteiger charge is -2.30. The molecule has 0 radical (unpaired) electrons. The minimum Gasteiger partial charge on any atom is -0.480 e. The van der Waals surface area contributed by atoms with E-state index in [1.807, 2.05) is 19.1 Å². The summed E-state index contributed by atoms with van der Waals surface area (Å²) in [4.78, 5) is 2.38. The Balaban J connectivity index is 1.45. The highest BCUT2D eigenvalue weighted by Gasteiger charge is 2.25. The van der Waals surface area contributed by atoms with Crippen LogP contribution in [0.1, 0.15) is 36.0 Å². The van der Waals surface area contributed by atoms with E-state index in [0.29, 0.717) is 11.8 Å². The Kier molecular flexibility index (Phi) is 3.89. The lowest BCUT2D eigenvalue weighted by atomic mass is 9.96. The first-order chi connectivity index (χ1) is 11.7. The molecule has 0 atom stereocenters. The molecule has 0 N–H and O–H groups in total. The highest BCUT2D eigenvalue weighted by Crippen LogP contribution is 2.28.